The number of benzene rings is 2. The van der Waals surface area contributed by atoms with Crippen molar-refractivity contribution in [1.29, 1.82) is 0 Å². The second-order valence-electron chi connectivity index (χ2n) is 6.25. The minimum atomic E-state index is -0.122. The molecular weight excluding hydrogens is 322 g/mol. The minimum absolute atomic E-state index is 0.122. The molecule has 126 valence electrons. The fourth-order valence-corrected chi connectivity index (χ4v) is 3.15. The molecule has 3 rings (SSSR count). The first-order valence-electron chi connectivity index (χ1n) is 8.41. The van der Waals surface area contributed by atoms with Crippen molar-refractivity contribution in [2.75, 3.05) is 24.6 Å². The molecule has 4 heteroatoms. The predicted molar refractivity (Wildman–Crippen MR) is 97.5 cm³/mol. The molecule has 3 nitrogen and oxygen atoms in total. The Balaban J connectivity index is 1.38. The van der Waals surface area contributed by atoms with Crippen LogP contribution >= 0.6 is 11.6 Å². The van der Waals surface area contributed by atoms with Crippen molar-refractivity contribution in [3.8, 4) is 0 Å². The molecule has 0 bridgehead atoms. The van der Waals surface area contributed by atoms with Crippen LogP contribution in [0.25, 0.3) is 0 Å². The van der Waals surface area contributed by atoms with E-state index < -0.39 is 0 Å². The Kier molecular flexibility index (Phi) is 5.76. The number of hydrogen-bond donors (Lipinski definition) is 0. The average Bonchev–Trinajstić information content (AvgIpc) is 3.09. The minimum Gasteiger partial charge on any atom is -0.465 e. The summed E-state index contributed by atoms with van der Waals surface area (Å²) in [6.45, 7) is 2.49. The molecule has 0 N–H and O–H groups in total. The summed E-state index contributed by atoms with van der Waals surface area (Å²) in [5.41, 5.74) is 2.35. The second kappa shape index (κ2) is 8.20. The summed E-state index contributed by atoms with van der Waals surface area (Å²) in [7, 11) is 0. The zero-order chi connectivity index (χ0) is 16.8. The van der Waals surface area contributed by atoms with Gasteiger partial charge in [0, 0.05) is 36.1 Å². The Morgan fingerprint density at radius 1 is 1.12 bits per heavy atom. The van der Waals surface area contributed by atoms with E-state index in [-0.39, 0.29) is 5.97 Å². The van der Waals surface area contributed by atoms with Crippen LogP contribution in [0.1, 0.15) is 18.4 Å². The highest BCUT2D eigenvalue weighted by molar-refractivity contribution is 6.30. The van der Waals surface area contributed by atoms with E-state index in [1.807, 2.05) is 30.3 Å². The van der Waals surface area contributed by atoms with Crippen LogP contribution in [0.2, 0.25) is 5.02 Å². The standard InChI is InChI=1S/C20H22ClNO2/c21-18-9-6-16(7-10-18)8-11-20(23)24-15-17-12-13-22(14-17)19-4-2-1-3-5-19/h1-7,9-10,17H,8,11-15H2. The number of halogens is 1. The number of hydrogen-bond acceptors (Lipinski definition) is 3. The van der Waals surface area contributed by atoms with E-state index in [2.05, 4.69) is 29.2 Å². The molecule has 1 saturated heterocycles. The van der Waals surface area contributed by atoms with Crippen LogP contribution < -0.4 is 4.90 Å². The molecule has 0 aromatic heterocycles. The lowest BCUT2D eigenvalue weighted by Gasteiger charge is -2.18. The Morgan fingerprint density at radius 2 is 1.88 bits per heavy atom. The molecule has 2 aromatic carbocycles. The summed E-state index contributed by atoms with van der Waals surface area (Å²) in [5, 5.41) is 0.713. The lowest BCUT2D eigenvalue weighted by molar-refractivity contribution is -0.144. The lowest BCUT2D eigenvalue weighted by Crippen LogP contribution is -2.22. The van der Waals surface area contributed by atoms with Gasteiger partial charge in [0.05, 0.1) is 6.61 Å². The number of aryl methyl sites for hydroxylation is 1. The quantitative estimate of drug-likeness (QED) is 0.731. The normalized spacial score (nSPS) is 17.0. The first kappa shape index (κ1) is 16.8. The Labute approximate surface area is 148 Å². The van der Waals surface area contributed by atoms with Crippen molar-refractivity contribution < 1.29 is 9.53 Å². The second-order valence-corrected chi connectivity index (χ2v) is 6.68. The fraction of sp³-hybridized carbons (Fsp3) is 0.350. The first-order valence-corrected chi connectivity index (χ1v) is 8.78. The zero-order valence-corrected chi connectivity index (χ0v) is 14.4. The number of carbonyl (C=O) groups excluding carboxylic acids is 1. The third-order valence-corrected chi connectivity index (χ3v) is 4.67. The molecule has 0 amide bonds. The van der Waals surface area contributed by atoms with Gasteiger partial charge in [0.25, 0.3) is 0 Å². The predicted octanol–water partition coefficient (Wildman–Crippen LogP) is 4.34. The number of esters is 1. The molecule has 2 aromatic rings. The van der Waals surface area contributed by atoms with Crippen molar-refractivity contribution in [1.82, 2.24) is 0 Å². The van der Waals surface area contributed by atoms with E-state index >= 15 is 0 Å². The number of para-hydroxylation sites is 1. The van der Waals surface area contributed by atoms with Gasteiger partial charge in [-0.2, -0.15) is 0 Å². The van der Waals surface area contributed by atoms with Crippen molar-refractivity contribution in [2.24, 2.45) is 5.92 Å². The molecule has 1 atom stereocenters. The van der Waals surface area contributed by atoms with Gasteiger partial charge in [-0.05, 0) is 42.7 Å². The Hall–Kier alpha value is -2.00. The molecule has 1 aliphatic rings. The van der Waals surface area contributed by atoms with Gasteiger partial charge in [0.15, 0.2) is 0 Å². The largest absolute Gasteiger partial charge is 0.465 e. The SMILES string of the molecule is O=C(CCc1ccc(Cl)cc1)OCC1CCN(c2ccccc2)C1. The maximum absolute atomic E-state index is 11.9. The average molecular weight is 344 g/mol. The number of rotatable bonds is 6. The van der Waals surface area contributed by atoms with Gasteiger partial charge >= 0.3 is 5.97 Å². The number of nitrogens with zero attached hydrogens (tertiary/aromatic N) is 1. The molecule has 0 radical (unpaired) electrons. The van der Waals surface area contributed by atoms with E-state index in [0.29, 0.717) is 30.4 Å². The highest BCUT2D eigenvalue weighted by Crippen LogP contribution is 2.23. The van der Waals surface area contributed by atoms with Crippen LogP contribution in [0.5, 0.6) is 0 Å². The monoisotopic (exact) mass is 343 g/mol. The first-order chi connectivity index (χ1) is 11.7. The van der Waals surface area contributed by atoms with E-state index in [1.165, 1.54) is 5.69 Å². The summed E-state index contributed by atoms with van der Waals surface area (Å²) in [6, 6.07) is 18.0. The van der Waals surface area contributed by atoms with E-state index in [1.54, 1.807) is 0 Å². The van der Waals surface area contributed by atoms with Crippen LogP contribution in [0.3, 0.4) is 0 Å². The van der Waals surface area contributed by atoms with Crippen molar-refractivity contribution in [3.63, 3.8) is 0 Å². The summed E-state index contributed by atoms with van der Waals surface area (Å²) in [6.07, 6.45) is 2.17. The summed E-state index contributed by atoms with van der Waals surface area (Å²) >= 11 is 5.86. The number of carbonyl (C=O) groups is 1. The van der Waals surface area contributed by atoms with Crippen LogP contribution in [-0.4, -0.2) is 25.7 Å². The highest BCUT2D eigenvalue weighted by Gasteiger charge is 2.23. The van der Waals surface area contributed by atoms with Gasteiger partial charge in [-0.15, -0.1) is 0 Å². The third-order valence-electron chi connectivity index (χ3n) is 4.42. The van der Waals surface area contributed by atoms with Gasteiger partial charge in [0.2, 0.25) is 0 Å². The van der Waals surface area contributed by atoms with Crippen LogP contribution in [0.15, 0.2) is 54.6 Å². The van der Waals surface area contributed by atoms with Crippen molar-refractivity contribution in [2.45, 2.75) is 19.3 Å². The van der Waals surface area contributed by atoms with E-state index in [4.69, 9.17) is 16.3 Å². The van der Waals surface area contributed by atoms with Gasteiger partial charge < -0.3 is 9.64 Å². The maximum Gasteiger partial charge on any atom is 0.306 e. The van der Waals surface area contributed by atoms with Crippen LogP contribution in [0, 0.1) is 5.92 Å². The van der Waals surface area contributed by atoms with Gasteiger partial charge in [-0.3, -0.25) is 4.79 Å². The number of ether oxygens (including phenoxy) is 1. The Bertz CT molecular complexity index is 657. The molecule has 1 heterocycles. The van der Waals surface area contributed by atoms with Crippen LogP contribution in [-0.2, 0) is 16.0 Å². The zero-order valence-electron chi connectivity index (χ0n) is 13.7. The molecule has 0 aliphatic carbocycles. The topological polar surface area (TPSA) is 29.5 Å². The summed E-state index contributed by atoms with van der Waals surface area (Å²) < 4.78 is 5.46. The van der Waals surface area contributed by atoms with Crippen molar-refractivity contribution in [3.05, 3.63) is 65.2 Å². The van der Waals surface area contributed by atoms with Crippen molar-refractivity contribution >= 4 is 23.3 Å². The lowest BCUT2D eigenvalue weighted by atomic mass is 10.1. The fourth-order valence-electron chi connectivity index (χ4n) is 3.02. The molecule has 1 aliphatic heterocycles. The molecule has 0 saturated carbocycles. The van der Waals surface area contributed by atoms with E-state index in [0.717, 1.165) is 25.1 Å². The summed E-state index contributed by atoms with van der Waals surface area (Å²) in [4.78, 5) is 14.3. The smallest absolute Gasteiger partial charge is 0.306 e. The van der Waals surface area contributed by atoms with Gasteiger partial charge in [-0.25, -0.2) is 0 Å². The highest BCUT2D eigenvalue weighted by atomic mass is 35.5. The third kappa shape index (κ3) is 4.75. The molecule has 1 fully saturated rings. The Morgan fingerprint density at radius 3 is 2.62 bits per heavy atom. The molecule has 24 heavy (non-hydrogen) atoms. The number of anilines is 1. The maximum atomic E-state index is 11.9. The molecule has 1 unspecified atom stereocenters. The molecular formula is C20H22ClNO2. The summed E-state index contributed by atoms with van der Waals surface area (Å²) in [5.74, 6) is 0.299. The molecule has 0 spiro atoms. The van der Waals surface area contributed by atoms with Gasteiger partial charge in [0.1, 0.15) is 0 Å². The van der Waals surface area contributed by atoms with E-state index in [9.17, 15) is 4.79 Å². The van der Waals surface area contributed by atoms with Crippen LogP contribution in [0.4, 0.5) is 5.69 Å². The van der Waals surface area contributed by atoms with Gasteiger partial charge in [-0.1, -0.05) is 41.9 Å².